The van der Waals surface area contributed by atoms with Gasteiger partial charge in [-0.25, -0.2) is 13.6 Å². The van der Waals surface area contributed by atoms with Crippen molar-refractivity contribution >= 4 is 17.6 Å². The Kier molecular flexibility index (Phi) is 5.99. The van der Waals surface area contributed by atoms with Crippen LogP contribution >= 0.6 is 0 Å². The van der Waals surface area contributed by atoms with Crippen molar-refractivity contribution in [3.05, 3.63) is 65.2 Å². The number of nitrogens with one attached hydrogen (secondary N) is 2. The quantitative estimate of drug-likeness (QED) is 0.723. The predicted molar refractivity (Wildman–Crippen MR) is 124 cm³/mol. The second-order valence-corrected chi connectivity index (χ2v) is 9.47. The Bertz CT molecular complexity index is 1080. The summed E-state index contributed by atoms with van der Waals surface area (Å²) in [6.07, 6.45) is 1.17. The normalized spacial score (nSPS) is 20.6. The molecule has 5 rings (SSSR count). The minimum absolute atomic E-state index is 0.00485. The average Bonchev–Trinajstić information content (AvgIpc) is 3.46. The third kappa shape index (κ3) is 4.14. The maximum Gasteiger partial charge on any atom is 0.325 e. The molecule has 3 aliphatic rings. The average molecular weight is 470 g/mol. The van der Waals surface area contributed by atoms with Crippen LogP contribution in [0.2, 0.25) is 0 Å². The van der Waals surface area contributed by atoms with E-state index in [2.05, 4.69) is 10.9 Å². The largest absolute Gasteiger partial charge is 0.343 e. The van der Waals surface area contributed by atoms with Crippen molar-refractivity contribution in [1.82, 2.24) is 20.7 Å². The molecule has 1 spiro atoms. The molecule has 2 aromatic carbocycles. The summed E-state index contributed by atoms with van der Waals surface area (Å²) in [5.41, 5.74) is 7.83. The molecule has 9 heteroatoms. The number of piperidine rings is 1. The van der Waals surface area contributed by atoms with Crippen molar-refractivity contribution in [2.75, 3.05) is 37.6 Å². The molecular weight excluding hydrogens is 440 g/mol. The summed E-state index contributed by atoms with van der Waals surface area (Å²) in [5.74, 6) is -0.692. The van der Waals surface area contributed by atoms with Crippen LogP contribution in [0.25, 0.3) is 0 Å². The summed E-state index contributed by atoms with van der Waals surface area (Å²) in [4.78, 5) is 30.7. The van der Waals surface area contributed by atoms with Gasteiger partial charge in [0.1, 0.15) is 11.6 Å². The number of benzene rings is 2. The minimum Gasteiger partial charge on any atom is -0.343 e. The van der Waals surface area contributed by atoms with Gasteiger partial charge in [-0.05, 0) is 48.7 Å². The van der Waals surface area contributed by atoms with Gasteiger partial charge in [-0.1, -0.05) is 12.1 Å². The smallest absolute Gasteiger partial charge is 0.325 e. The van der Waals surface area contributed by atoms with Crippen LogP contribution in [0.3, 0.4) is 0 Å². The van der Waals surface area contributed by atoms with Crippen molar-refractivity contribution in [1.29, 1.82) is 0 Å². The van der Waals surface area contributed by atoms with E-state index in [1.807, 2.05) is 24.3 Å². The molecule has 2 aromatic rings. The first-order valence-electron chi connectivity index (χ1n) is 11.7. The molecule has 0 saturated carbocycles. The molecule has 0 atom stereocenters. The fourth-order valence-corrected chi connectivity index (χ4v) is 5.36. The first kappa shape index (κ1) is 22.7. The van der Waals surface area contributed by atoms with E-state index in [-0.39, 0.29) is 24.0 Å². The van der Waals surface area contributed by atoms with Gasteiger partial charge in [0.15, 0.2) is 0 Å². The summed E-state index contributed by atoms with van der Waals surface area (Å²) in [6.45, 7) is 4.73. The van der Waals surface area contributed by atoms with E-state index in [1.54, 1.807) is 21.6 Å². The summed E-state index contributed by atoms with van der Waals surface area (Å²) in [7, 11) is 0. The zero-order chi connectivity index (χ0) is 23.9. The lowest BCUT2D eigenvalue weighted by Crippen LogP contribution is -2.54. The fourth-order valence-electron chi connectivity index (χ4n) is 5.36. The third-order valence-corrected chi connectivity index (χ3v) is 7.46. The standard InChI is InChI=1S/C25H29F2N5O2/c1-17(33)30-10-8-25(9-11-30)16-31(22-5-2-18(3-6-22)20-13-28-29-14-20)24(34)32(25)15-19-12-21(26)4-7-23(19)27/h2-7,12,20,28-29H,8-11,13-16H2,1H3. The van der Waals surface area contributed by atoms with Gasteiger partial charge in [0.25, 0.3) is 0 Å². The van der Waals surface area contributed by atoms with E-state index in [4.69, 9.17) is 0 Å². The number of urea groups is 1. The molecule has 0 radical (unpaired) electrons. The van der Waals surface area contributed by atoms with Crippen molar-refractivity contribution in [2.24, 2.45) is 0 Å². The third-order valence-electron chi connectivity index (χ3n) is 7.46. The summed E-state index contributed by atoms with van der Waals surface area (Å²) in [6, 6.07) is 11.1. The number of likely N-dealkylation sites (tertiary alicyclic amines) is 1. The second kappa shape index (κ2) is 8.96. The highest BCUT2D eigenvalue weighted by atomic mass is 19.1. The van der Waals surface area contributed by atoms with E-state index < -0.39 is 17.2 Å². The van der Waals surface area contributed by atoms with Gasteiger partial charge in [0.05, 0.1) is 18.6 Å². The SMILES string of the molecule is CC(=O)N1CCC2(CC1)CN(c1ccc(C3CNNC3)cc1)C(=O)N2Cc1cc(F)ccc1F. The lowest BCUT2D eigenvalue weighted by atomic mass is 9.86. The highest BCUT2D eigenvalue weighted by molar-refractivity contribution is 5.95. The molecule has 34 heavy (non-hydrogen) atoms. The number of anilines is 1. The van der Waals surface area contributed by atoms with Crippen LogP contribution < -0.4 is 15.8 Å². The van der Waals surface area contributed by atoms with Gasteiger partial charge >= 0.3 is 6.03 Å². The van der Waals surface area contributed by atoms with Crippen LogP contribution in [0, 0.1) is 11.6 Å². The Hall–Kier alpha value is -3.04. The minimum atomic E-state index is -0.556. The number of rotatable bonds is 4. The van der Waals surface area contributed by atoms with Crippen LogP contribution in [0.4, 0.5) is 19.3 Å². The second-order valence-electron chi connectivity index (χ2n) is 9.47. The van der Waals surface area contributed by atoms with E-state index in [1.165, 1.54) is 5.56 Å². The molecular formula is C25H29F2N5O2. The molecule has 3 saturated heterocycles. The Balaban J connectivity index is 1.43. The molecule has 180 valence electrons. The Morgan fingerprint density at radius 2 is 1.74 bits per heavy atom. The van der Waals surface area contributed by atoms with E-state index >= 15 is 0 Å². The number of halogens is 2. The molecule has 0 aliphatic carbocycles. The van der Waals surface area contributed by atoms with Crippen LogP contribution in [-0.2, 0) is 11.3 Å². The van der Waals surface area contributed by atoms with Gasteiger partial charge < -0.3 is 9.80 Å². The van der Waals surface area contributed by atoms with Gasteiger partial charge in [0, 0.05) is 50.3 Å². The Labute approximate surface area is 197 Å². The van der Waals surface area contributed by atoms with Gasteiger partial charge in [-0.3, -0.25) is 20.5 Å². The first-order valence-corrected chi connectivity index (χ1v) is 11.7. The number of carbonyl (C=O) groups excluding carboxylic acids is 2. The molecule has 0 aromatic heterocycles. The van der Waals surface area contributed by atoms with Crippen molar-refractivity contribution in [3.8, 4) is 0 Å². The van der Waals surface area contributed by atoms with Crippen molar-refractivity contribution in [3.63, 3.8) is 0 Å². The van der Waals surface area contributed by atoms with Crippen molar-refractivity contribution < 1.29 is 18.4 Å². The number of carbonyl (C=O) groups is 2. The zero-order valence-corrected chi connectivity index (χ0v) is 19.2. The lowest BCUT2D eigenvalue weighted by Gasteiger charge is -2.43. The number of hydrogen-bond donors (Lipinski definition) is 2. The molecule has 3 fully saturated rings. The molecule has 3 aliphatic heterocycles. The summed E-state index contributed by atoms with van der Waals surface area (Å²) >= 11 is 0. The van der Waals surface area contributed by atoms with Crippen LogP contribution in [-0.4, -0.2) is 60.0 Å². The summed E-state index contributed by atoms with van der Waals surface area (Å²) in [5, 5.41) is 0. The topological polar surface area (TPSA) is 67.9 Å². The molecule has 2 N–H and O–H groups in total. The first-order chi connectivity index (χ1) is 16.4. The van der Waals surface area contributed by atoms with Gasteiger partial charge in [-0.15, -0.1) is 0 Å². The van der Waals surface area contributed by atoms with E-state index in [0.29, 0.717) is 38.4 Å². The molecule has 0 bridgehead atoms. The van der Waals surface area contributed by atoms with Gasteiger partial charge in [-0.2, -0.15) is 0 Å². The fraction of sp³-hybridized carbons (Fsp3) is 0.440. The number of nitrogens with zero attached hydrogens (tertiary/aromatic N) is 3. The highest BCUT2D eigenvalue weighted by Gasteiger charge is 2.51. The van der Waals surface area contributed by atoms with E-state index in [0.717, 1.165) is 37.0 Å². The van der Waals surface area contributed by atoms with E-state index in [9.17, 15) is 18.4 Å². The monoisotopic (exact) mass is 469 g/mol. The Morgan fingerprint density at radius 1 is 1.06 bits per heavy atom. The van der Waals surface area contributed by atoms with Crippen LogP contribution in [0.5, 0.6) is 0 Å². The lowest BCUT2D eigenvalue weighted by molar-refractivity contribution is -0.131. The highest BCUT2D eigenvalue weighted by Crippen LogP contribution is 2.40. The number of hydrogen-bond acceptors (Lipinski definition) is 4. The number of hydrazine groups is 1. The van der Waals surface area contributed by atoms with Gasteiger partial charge in [0.2, 0.25) is 5.91 Å². The predicted octanol–water partition coefficient (Wildman–Crippen LogP) is 2.98. The molecule has 0 unspecified atom stereocenters. The Morgan fingerprint density at radius 3 is 2.38 bits per heavy atom. The molecule has 3 amide bonds. The summed E-state index contributed by atoms with van der Waals surface area (Å²) < 4.78 is 28.4. The van der Waals surface area contributed by atoms with Crippen LogP contribution in [0.1, 0.15) is 36.8 Å². The maximum absolute atomic E-state index is 14.5. The molecule has 3 heterocycles. The number of amides is 3. The zero-order valence-electron chi connectivity index (χ0n) is 19.2. The maximum atomic E-state index is 14.5. The van der Waals surface area contributed by atoms with Crippen LogP contribution in [0.15, 0.2) is 42.5 Å². The molecule has 7 nitrogen and oxygen atoms in total. The van der Waals surface area contributed by atoms with Crippen molar-refractivity contribution in [2.45, 2.75) is 37.8 Å².